The predicted molar refractivity (Wildman–Crippen MR) is 158 cm³/mol. The lowest BCUT2D eigenvalue weighted by molar-refractivity contribution is 0.0652. The zero-order valence-corrected chi connectivity index (χ0v) is 22.7. The Hall–Kier alpha value is -5.25. The monoisotopic (exact) mass is 547 g/mol. The van der Waals surface area contributed by atoms with Crippen LogP contribution in [0, 0.1) is 0 Å². The minimum Gasteiger partial charge on any atom is -0.481 e. The van der Waals surface area contributed by atoms with Gasteiger partial charge in [0.15, 0.2) is 0 Å². The first-order valence-electron chi connectivity index (χ1n) is 13.4. The highest BCUT2D eigenvalue weighted by Gasteiger charge is 2.27. The van der Waals surface area contributed by atoms with Gasteiger partial charge in [-0.15, -0.1) is 0 Å². The molecule has 6 rings (SSSR count). The Morgan fingerprint density at radius 2 is 1.85 bits per heavy atom. The Bertz CT molecular complexity index is 1820. The molecular weight excluding hydrogens is 518 g/mol. The lowest BCUT2D eigenvalue weighted by Crippen LogP contribution is -2.42. The third-order valence-corrected chi connectivity index (χ3v) is 7.32. The summed E-state index contributed by atoms with van der Waals surface area (Å²) in [5.74, 6) is 0.690. The molecule has 1 amide bonds. The number of nitrogen functional groups attached to an aromatic ring is 1. The van der Waals surface area contributed by atoms with Gasteiger partial charge in [0, 0.05) is 42.9 Å². The van der Waals surface area contributed by atoms with Crippen molar-refractivity contribution in [2.24, 2.45) is 0 Å². The van der Waals surface area contributed by atoms with Gasteiger partial charge in [-0.1, -0.05) is 36.4 Å². The highest BCUT2D eigenvalue weighted by atomic mass is 16.5. The highest BCUT2D eigenvalue weighted by Crippen LogP contribution is 2.31. The molecule has 3 N–H and O–H groups in total. The van der Waals surface area contributed by atoms with Gasteiger partial charge in [0.2, 0.25) is 11.8 Å². The lowest BCUT2D eigenvalue weighted by atomic mass is 9.98. The number of rotatable bonds is 7. The number of carbonyl (C=O) groups excluding carboxylic acids is 1. The summed E-state index contributed by atoms with van der Waals surface area (Å²) in [6.45, 7) is 3.32. The van der Waals surface area contributed by atoms with E-state index in [1.165, 1.54) is 6.20 Å². The molecule has 0 spiro atoms. The summed E-state index contributed by atoms with van der Waals surface area (Å²) in [5, 5.41) is 4.70. The highest BCUT2D eigenvalue weighted by molar-refractivity contribution is 5.99. The zero-order chi connectivity index (χ0) is 28.5. The molecule has 4 heterocycles. The lowest BCUT2D eigenvalue weighted by Gasteiger charge is -2.31. The van der Waals surface area contributed by atoms with Crippen molar-refractivity contribution >= 4 is 28.4 Å². The number of aromatic nitrogens is 4. The van der Waals surface area contributed by atoms with Gasteiger partial charge in [-0.05, 0) is 54.1 Å². The van der Waals surface area contributed by atoms with Crippen LogP contribution in [0.1, 0.15) is 35.4 Å². The molecule has 41 heavy (non-hydrogen) atoms. The SMILES string of the molecule is COc1cc(-c2cccc3cc(C(C)Nc4nc(N)ncc4C(=O)N4CCC4)n(-c4ccccc4)c(=O)c23)ccn1. The smallest absolute Gasteiger partial charge is 0.263 e. The molecule has 1 aliphatic rings. The van der Waals surface area contributed by atoms with Crippen molar-refractivity contribution in [2.45, 2.75) is 19.4 Å². The van der Waals surface area contributed by atoms with Gasteiger partial charge in [0.25, 0.3) is 11.5 Å². The maximum atomic E-state index is 14.4. The molecule has 0 radical (unpaired) electrons. The van der Waals surface area contributed by atoms with Gasteiger partial charge in [0.05, 0.1) is 18.5 Å². The Morgan fingerprint density at radius 1 is 1.05 bits per heavy atom. The summed E-state index contributed by atoms with van der Waals surface area (Å²) in [5.41, 5.74) is 9.09. The van der Waals surface area contributed by atoms with E-state index in [4.69, 9.17) is 10.5 Å². The third-order valence-electron chi connectivity index (χ3n) is 7.32. The van der Waals surface area contributed by atoms with E-state index in [-0.39, 0.29) is 17.4 Å². The minimum atomic E-state index is -0.436. The average Bonchev–Trinajstić information content (AvgIpc) is 2.96. The number of pyridine rings is 2. The first kappa shape index (κ1) is 26.0. The zero-order valence-electron chi connectivity index (χ0n) is 22.7. The fourth-order valence-corrected chi connectivity index (χ4v) is 5.10. The molecule has 1 aliphatic heterocycles. The number of hydrogen-bond acceptors (Lipinski definition) is 8. The summed E-state index contributed by atoms with van der Waals surface area (Å²) in [7, 11) is 1.56. The maximum Gasteiger partial charge on any atom is 0.263 e. The van der Waals surface area contributed by atoms with Crippen LogP contribution in [-0.2, 0) is 0 Å². The van der Waals surface area contributed by atoms with E-state index < -0.39 is 6.04 Å². The fraction of sp³-hybridized carbons (Fsp3) is 0.194. The van der Waals surface area contributed by atoms with E-state index in [2.05, 4.69) is 20.3 Å². The quantitative estimate of drug-likeness (QED) is 0.306. The van der Waals surface area contributed by atoms with Gasteiger partial charge in [-0.3, -0.25) is 14.2 Å². The number of hydrogen-bond donors (Lipinski definition) is 2. The number of methoxy groups -OCH3 is 1. The van der Waals surface area contributed by atoms with Crippen LogP contribution in [0.2, 0.25) is 0 Å². The van der Waals surface area contributed by atoms with Crippen molar-refractivity contribution < 1.29 is 9.53 Å². The second kappa shape index (κ2) is 10.7. The van der Waals surface area contributed by atoms with Crippen molar-refractivity contribution in [2.75, 3.05) is 31.2 Å². The molecule has 1 unspecified atom stereocenters. The Balaban J connectivity index is 1.51. The summed E-state index contributed by atoms with van der Waals surface area (Å²) in [6.07, 6.45) is 4.09. The van der Waals surface area contributed by atoms with Crippen LogP contribution in [0.15, 0.2) is 83.9 Å². The van der Waals surface area contributed by atoms with Gasteiger partial charge >= 0.3 is 0 Å². The Kier molecular flexibility index (Phi) is 6.80. The summed E-state index contributed by atoms with van der Waals surface area (Å²) in [6, 6.07) is 20.5. The topological polar surface area (TPSA) is 128 Å². The van der Waals surface area contributed by atoms with Gasteiger partial charge in [-0.25, -0.2) is 9.97 Å². The first-order chi connectivity index (χ1) is 19.9. The number of fused-ring (bicyclic) bond motifs is 1. The minimum absolute atomic E-state index is 0.0521. The molecule has 1 fully saturated rings. The van der Waals surface area contributed by atoms with Crippen LogP contribution in [0.25, 0.3) is 27.6 Å². The van der Waals surface area contributed by atoms with Crippen molar-refractivity contribution in [1.82, 2.24) is 24.4 Å². The van der Waals surface area contributed by atoms with Gasteiger partial charge in [-0.2, -0.15) is 4.98 Å². The number of likely N-dealkylation sites (tertiary alicyclic amines) is 1. The largest absolute Gasteiger partial charge is 0.481 e. The second-order valence-corrected chi connectivity index (χ2v) is 9.90. The third kappa shape index (κ3) is 4.84. The molecule has 5 aromatic rings. The average molecular weight is 548 g/mol. The van der Waals surface area contributed by atoms with Gasteiger partial charge < -0.3 is 20.7 Å². The van der Waals surface area contributed by atoms with E-state index in [0.29, 0.717) is 47.1 Å². The van der Waals surface area contributed by atoms with E-state index in [1.807, 2.05) is 73.7 Å². The molecule has 1 saturated heterocycles. The van der Waals surface area contributed by atoms with Crippen LogP contribution in [0.5, 0.6) is 5.88 Å². The molecular formula is C31H29N7O3. The van der Waals surface area contributed by atoms with Crippen molar-refractivity contribution in [3.63, 3.8) is 0 Å². The molecule has 0 aliphatic carbocycles. The van der Waals surface area contributed by atoms with Crippen molar-refractivity contribution in [3.05, 3.63) is 101 Å². The molecule has 10 nitrogen and oxygen atoms in total. The number of para-hydroxylation sites is 1. The number of ether oxygens (including phenoxy) is 1. The number of nitrogens with one attached hydrogen (secondary N) is 1. The molecule has 1 atom stereocenters. The van der Waals surface area contributed by atoms with Crippen LogP contribution in [-0.4, -0.2) is 50.5 Å². The predicted octanol–water partition coefficient (Wildman–Crippen LogP) is 4.45. The normalized spacial score (nSPS) is 13.5. The number of nitrogens with two attached hydrogens (primary N) is 1. The number of nitrogens with zero attached hydrogens (tertiary/aromatic N) is 5. The fourth-order valence-electron chi connectivity index (χ4n) is 5.10. The number of anilines is 2. The molecule has 2 aromatic carbocycles. The van der Waals surface area contributed by atoms with E-state index in [9.17, 15) is 9.59 Å². The van der Waals surface area contributed by atoms with E-state index in [1.54, 1.807) is 22.8 Å². The number of amides is 1. The number of benzene rings is 2. The second-order valence-electron chi connectivity index (χ2n) is 9.90. The Labute approximate surface area is 236 Å². The van der Waals surface area contributed by atoms with E-state index in [0.717, 1.165) is 22.9 Å². The van der Waals surface area contributed by atoms with Crippen LogP contribution >= 0.6 is 0 Å². The van der Waals surface area contributed by atoms with Crippen LogP contribution < -0.4 is 21.3 Å². The molecule has 0 saturated carbocycles. The summed E-state index contributed by atoms with van der Waals surface area (Å²) < 4.78 is 7.03. The van der Waals surface area contributed by atoms with Gasteiger partial charge in [0.1, 0.15) is 11.4 Å². The Morgan fingerprint density at radius 3 is 2.59 bits per heavy atom. The van der Waals surface area contributed by atoms with Crippen LogP contribution in [0.3, 0.4) is 0 Å². The molecule has 3 aromatic heterocycles. The van der Waals surface area contributed by atoms with E-state index >= 15 is 0 Å². The summed E-state index contributed by atoms with van der Waals surface area (Å²) >= 11 is 0. The molecule has 206 valence electrons. The molecule has 10 heteroatoms. The summed E-state index contributed by atoms with van der Waals surface area (Å²) in [4.78, 5) is 41.9. The van der Waals surface area contributed by atoms with Crippen molar-refractivity contribution in [1.29, 1.82) is 0 Å². The maximum absolute atomic E-state index is 14.4. The number of carbonyl (C=O) groups is 1. The van der Waals surface area contributed by atoms with Crippen LogP contribution in [0.4, 0.5) is 11.8 Å². The van der Waals surface area contributed by atoms with Crippen molar-refractivity contribution in [3.8, 4) is 22.7 Å². The molecule has 0 bridgehead atoms. The first-order valence-corrected chi connectivity index (χ1v) is 13.4. The standard InChI is InChI=1S/C31H29N7O3/c1-19(35-28-24(18-34-31(32)36-28)29(39)37-14-7-15-37)25-16-21-8-6-11-23(20-12-13-33-26(17-20)41-2)27(21)30(40)38(25)22-9-4-3-5-10-22/h3-6,8-13,16-19H,7,14-15H2,1-2H3,(H3,32,34,35,36).